The van der Waals surface area contributed by atoms with Crippen molar-refractivity contribution in [3.8, 4) is 11.5 Å². The van der Waals surface area contributed by atoms with Crippen LogP contribution in [-0.4, -0.2) is 5.84 Å². The summed E-state index contributed by atoms with van der Waals surface area (Å²) in [6.07, 6.45) is 0. The van der Waals surface area contributed by atoms with Crippen LogP contribution in [-0.2, 0) is 0 Å². The molecule has 0 atom stereocenters. The Morgan fingerprint density at radius 2 is 1.89 bits per heavy atom. The highest BCUT2D eigenvalue weighted by Crippen LogP contribution is 2.30. The number of amidine groups is 1. The molecule has 2 aromatic rings. The third kappa shape index (κ3) is 2.88. The molecular weight excluding hydrogens is 260 g/mol. The maximum atomic E-state index is 7.57. The summed E-state index contributed by atoms with van der Waals surface area (Å²) in [6, 6.07) is 11.0. The first kappa shape index (κ1) is 13.4. The van der Waals surface area contributed by atoms with Crippen LogP contribution in [0.4, 0.5) is 0 Å². The molecule has 0 aliphatic heterocycles. The molecule has 98 valence electrons. The molecule has 4 heteroatoms. The molecule has 3 nitrogen and oxygen atoms in total. The van der Waals surface area contributed by atoms with Crippen molar-refractivity contribution in [3.05, 3.63) is 58.1 Å². The van der Waals surface area contributed by atoms with Gasteiger partial charge in [-0.05, 0) is 49.2 Å². The number of rotatable bonds is 3. The first-order valence-corrected chi connectivity index (χ1v) is 6.25. The molecule has 2 rings (SSSR count). The lowest BCUT2D eigenvalue weighted by molar-refractivity contribution is 0.481. The molecule has 0 saturated heterocycles. The first-order valence-electron chi connectivity index (χ1n) is 5.87. The molecule has 0 aliphatic carbocycles. The van der Waals surface area contributed by atoms with E-state index in [1.807, 2.05) is 32.0 Å². The molecule has 3 N–H and O–H groups in total. The summed E-state index contributed by atoms with van der Waals surface area (Å²) in [5.41, 5.74) is 8.30. The summed E-state index contributed by atoms with van der Waals surface area (Å²) in [6.45, 7) is 4.06. The molecule has 0 radical (unpaired) electrons. The predicted octanol–water partition coefficient (Wildman–Crippen LogP) is 4.03. The van der Waals surface area contributed by atoms with E-state index in [1.165, 1.54) is 5.56 Å². The summed E-state index contributed by atoms with van der Waals surface area (Å²) in [5.74, 6) is 1.08. The molecule has 0 bridgehead atoms. The van der Waals surface area contributed by atoms with Crippen LogP contribution in [0.1, 0.15) is 16.7 Å². The zero-order valence-corrected chi connectivity index (χ0v) is 11.6. The number of nitrogens with one attached hydrogen (secondary N) is 1. The van der Waals surface area contributed by atoms with Gasteiger partial charge in [0.15, 0.2) is 0 Å². The number of nitrogen functional groups attached to an aromatic ring is 1. The van der Waals surface area contributed by atoms with Crippen molar-refractivity contribution in [2.45, 2.75) is 13.8 Å². The highest BCUT2D eigenvalue weighted by Gasteiger charge is 2.12. The van der Waals surface area contributed by atoms with E-state index in [0.717, 1.165) is 5.56 Å². The third-order valence-electron chi connectivity index (χ3n) is 2.95. The van der Waals surface area contributed by atoms with Gasteiger partial charge in [0.1, 0.15) is 17.3 Å². The molecular formula is C15H15ClN2O. The fourth-order valence-corrected chi connectivity index (χ4v) is 2.02. The zero-order chi connectivity index (χ0) is 14.0. The smallest absolute Gasteiger partial charge is 0.139 e. The van der Waals surface area contributed by atoms with Crippen molar-refractivity contribution in [3.63, 3.8) is 0 Å². The van der Waals surface area contributed by atoms with Gasteiger partial charge in [0.25, 0.3) is 0 Å². The van der Waals surface area contributed by atoms with Gasteiger partial charge >= 0.3 is 0 Å². The highest BCUT2D eigenvalue weighted by atomic mass is 35.5. The lowest BCUT2D eigenvalue weighted by Crippen LogP contribution is -2.13. The van der Waals surface area contributed by atoms with Gasteiger partial charge in [-0.25, -0.2) is 0 Å². The van der Waals surface area contributed by atoms with Gasteiger partial charge in [-0.2, -0.15) is 0 Å². The van der Waals surface area contributed by atoms with Crippen LogP contribution in [0, 0.1) is 19.3 Å². The molecule has 0 fully saturated rings. The van der Waals surface area contributed by atoms with Crippen LogP contribution in [0.15, 0.2) is 36.4 Å². The topological polar surface area (TPSA) is 59.1 Å². The van der Waals surface area contributed by atoms with Crippen molar-refractivity contribution in [1.82, 2.24) is 0 Å². The fourth-order valence-electron chi connectivity index (χ4n) is 1.76. The molecule has 0 aromatic heterocycles. The van der Waals surface area contributed by atoms with E-state index in [9.17, 15) is 0 Å². The van der Waals surface area contributed by atoms with Crippen molar-refractivity contribution < 1.29 is 4.74 Å². The Balaban J connectivity index is 2.40. The van der Waals surface area contributed by atoms with Gasteiger partial charge in [-0.1, -0.05) is 23.7 Å². The largest absolute Gasteiger partial charge is 0.457 e. The average molecular weight is 275 g/mol. The average Bonchev–Trinajstić information content (AvgIpc) is 2.33. The molecule has 2 aromatic carbocycles. The lowest BCUT2D eigenvalue weighted by Gasteiger charge is -2.12. The Labute approximate surface area is 117 Å². The molecule has 0 saturated carbocycles. The summed E-state index contributed by atoms with van der Waals surface area (Å²) < 4.78 is 5.78. The molecule has 0 heterocycles. The van der Waals surface area contributed by atoms with Crippen LogP contribution >= 0.6 is 11.6 Å². The number of nitrogens with two attached hydrogens (primary N) is 1. The minimum Gasteiger partial charge on any atom is -0.457 e. The Hall–Kier alpha value is -2.00. The standard InChI is InChI=1S/C15H15ClN2O/c1-9-6-7-11(8-10(9)2)19-13-5-3-4-12(16)14(13)15(17)18/h3-8H,1-2H3,(H3,17,18). The van der Waals surface area contributed by atoms with E-state index >= 15 is 0 Å². The Kier molecular flexibility index (Phi) is 3.76. The summed E-state index contributed by atoms with van der Waals surface area (Å²) in [4.78, 5) is 0. The van der Waals surface area contributed by atoms with Gasteiger partial charge in [-0.3, -0.25) is 5.41 Å². The van der Waals surface area contributed by atoms with Crippen LogP contribution in [0.3, 0.4) is 0 Å². The lowest BCUT2D eigenvalue weighted by atomic mass is 10.1. The quantitative estimate of drug-likeness (QED) is 0.656. The second kappa shape index (κ2) is 5.33. The monoisotopic (exact) mass is 274 g/mol. The van der Waals surface area contributed by atoms with Crippen LogP contribution in [0.5, 0.6) is 11.5 Å². The molecule has 0 spiro atoms. The van der Waals surface area contributed by atoms with Crippen molar-refractivity contribution in [1.29, 1.82) is 5.41 Å². The summed E-state index contributed by atoms with van der Waals surface area (Å²) in [7, 11) is 0. The Morgan fingerprint density at radius 3 is 2.53 bits per heavy atom. The van der Waals surface area contributed by atoms with E-state index in [-0.39, 0.29) is 5.84 Å². The second-order valence-corrected chi connectivity index (χ2v) is 4.78. The Bertz CT molecular complexity index is 638. The van der Waals surface area contributed by atoms with E-state index < -0.39 is 0 Å². The number of hydrogen-bond acceptors (Lipinski definition) is 2. The number of aryl methyl sites for hydroxylation is 2. The van der Waals surface area contributed by atoms with E-state index in [2.05, 4.69) is 0 Å². The number of halogens is 1. The predicted molar refractivity (Wildman–Crippen MR) is 78.5 cm³/mol. The van der Waals surface area contributed by atoms with E-state index in [0.29, 0.717) is 22.1 Å². The van der Waals surface area contributed by atoms with Gasteiger partial charge < -0.3 is 10.5 Å². The van der Waals surface area contributed by atoms with Crippen molar-refractivity contribution in [2.75, 3.05) is 0 Å². The highest BCUT2D eigenvalue weighted by molar-refractivity contribution is 6.34. The molecule has 0 amide bonds. The minimum atomic E-state index is -0.107. The van der Waals surface area contributed by atoms with E-state index in [1.54, 1.807) is 18.2 Å². The number of benzene rings is 2. The number of ether oxygens (including phenoxy) is 1. The van der Waals surface area contributed by atoms with Crippen LogP contribution in [0.2, 0.25) is 5.02 Å². The SMILES string of the molecule is Cc1ccc(Oc2cccc(Cl)c2C(=N)N)cc1C. The van der Waals surface area contributed by atoms with Crippen LogP contribution in [0.25, 0.3) is 0 Å². The third-order valence-corrected chi connectivity index (χ3v) is 3.27. The molecule has 0 aliphatic rings. The maximum absolute atomic E-state index is 7.57. The van der Waals surface area contributed by atoms with Gasteiger partial charge in [0, 0.05) is 0 Å². The molecule has 19 heavy (non-hydrogen) atoms. The number of hydrogen-bond donors (Lipinski definition) is 2. The van der Waals surface area contributed by atoms with E-state index in [4.69, 9.17) is 27.5 Å². The maximum Gasteiger partial charge on any atom is 0.139 e. The first-order chi connectivity index (χ1) is 8.99. The summed E-state index contributed by atoms with van der Waals surface area (Å²) >= 11 is 6.05. The normalized spacial score (nSPS) is 10.3. The van der Waals surface area contributed by atoms with Gasteiger partial charge in [0.2, 0.25) is 0 Å². The minimum absolute atomic E-state index is 0.107. The van der Waals surface area contributed by atoms with Gasteiger partial charge in [-0.15, -0.1) is 0 Å². The fraction of sp³-hybridized carbons (Fsp3) is 0.133. The molecule has 0 unspecified atom stereocenters. The van der Waals surface area contributed by atoms with Crippen LogP contribution < -0.4 is 10.5 Å². The zero-order valence-electron chi connectivity index (χ0n) is 10.8. The van der Waals surface area contributed by atoms with Gasteiger partial charge in [0.05, 0.1) is 10.6 Å². The van der Waals surface area contributed by atoms with Crippen molar-refractivity contribution in [2.24, 2.45) is 5.73 Å². The summed E-state index contributed by atoms with van der Waals surface area (Å²) in [5, 5.41) is 7.98. The van der Waals surface area contributed by atoms with Crippen molar-refractivity contribution >= 4 is 17.4 Å². The Morgan fingerprint density at radius 1 is 1.16 bits per heavy atom. The second-order valence-electron chi connectivity index (χ2n) is 4.37.